The Hall–Kier alpha value is -2.38. The Morgan fingerprint density at radius 2 is 2.00 bits per heavy atom. The molecule has 0 atom stereocenters. The number of nitrogens with two attached hydrogens (primary N) is 1. The summed E-state index contributed by atoms with van der Waals surface area (Å²) in [4.78, 5) is 37.2. The Morgan fingerprint density at radius 3 is 2.50 bits per heavy atom. The van der Waals surface area contributed by atoms with E-state index in [1.165, 1.54) is 9.58 Å². The van der Waals surface area contributed by atoms with E-state index in [4.69, 9.17) is 5.73 Å². The highest BCUT2D eigenvalue weighted by atomic mass is 16.2. The van der Waals surface area contributed by atoms with Crippen LogP contribution in [-0.4, -0.2) is 44.5 Å². The summed E-state index contributed by atoms with van der Waals surface area (Å²) in [5, 5.41) is 6.29. The van der Waals surface area contributed by atoms with Crippen molar-refractivity contribution in [3.63, 3.8) is 0 Å². The first-order valence-corrected chi connectivity index (χ1v) is 6.11. The fraction of sp³-hybridized carbons (Fsp3) is 0.500. The summed E-state index contributed by atoms with van der Waals surface area (Å²) in [6, 6.07) is 0. The molecule has 1 aromatic heterocycles. The van der Waals surface area contributed by atoms with Crippen LogP contribution in [0.2, 0.25) is 0 Å². The molecular formula is C12H17N5O3. The third-order valence-corrected chi connectivity index (χ3v) is 3.50. The van der Waals surface area contributed by atoms with Crippen LogP contribution in [0.15, 0.2) is 0 Å². The second-order valence-corrected chi connectivity index (χ2v) is 5.30. The molecule has 3 N–H and O–H groups in total. The Labute approximate surface area is 115 Å². The number of carbonyl (C=O) groups excluding carboxylic acids is 3. The number of hydrogen-bond donors (Lipinski definition) is 2. The number of amides is 3. The Kier molecular flexibility index (Phi) is 3.04. The molecule has 0 radical (unpaired) electrons. The van der Waals surface area contributed by atoms with E-state index in [-0.39, 0.29) is 17.9 Å². The number of rotatable bonds is 1. The number of piperazine rings is 1. The zero-order valence-electron chi connectivity index (χ0n) is 11.9. The van der Waals surface area contributed by atoms with Crippen LogP contribution in [0, 0.1) is 6.92 Å². The van der Waals surface area contributed by atoms with Crippen LogP contribution in [0.1, 0.15) is 30.0 Å². The van der Waals surface area contributed by atoms with E-state index in [1.807, 2.05) is 0 Å². The lowest BCUT2D eigenvalue weighted by Gasteiger charge is -2.40. The smallest absolute Gasteiger partial charge is 0.275 e. The zero-order valence-corrected chi connectivity index (χ0v) is 11.9. The molecule has 1 aromatic rings. The summed E-state index contributed by atoms with van der Waals surface area (Å²) < 4.78 is 1.36. The van der Waals surface area contributed by atoms with Gasteiger partial charge in [0.05, 0.1) is 11.4 Å². The van der Waals surface area contributed by atoms with Crippen molar-refractivity contribution >= 4 is 23.4 Å². The van der Waals surface area contributed by atoms with E-state index in [9.17, 15) is 14.4 Å². The SMILES string of the molecule is Cc1nn(C)c(C(=O)N2CC(=O)NC(=O)C2(C)C)c1N. The molecule has 3 amide bonds. The van der Waals surface area contributed by atoms with E-state index >= 15 is 0 Å². The van der Waals surface area contributed by atoms with Crippen molar-refractivity contribution in [2.45, 2.75) is 26.3 Å². The van der Waals surface area contributed by atoms with Crippen LogP contribution in [0.4, 0.5) is 5.69 Å². The maximum atomic E-state index is 12.6. The van der Waals surface area contributed by atoms with Crippen molar-refractivity contribution in [1.82, 2.24) is 20.0 Å². The van der Waals surface area contributed by atoms with Gasteiger partial charge in [0.1, 0.15) is 17.8 Å². The quantitative estimate of drug-likeness (QED) is 0.653. The minimum absolute atomic E-state index is 0.179. The van der Waals surface area contributed by atoms with E-state index in [0.717, 1.165) is 0 Å². The third kappa shape index (κ3) is 1.93. The van der Waals surface area contributed by atoms with Crippen molar-refractivity contribution in [2.75, 3.05) is 12.3 Å². The number of hydrogen-bond acceptors (Lipinski definition) is 5. The molecule has 1 aliphatic heterocycles. The molecule has 2 heterocycles. The topological polar surface area (TPSA) is 110 Å². The maximum Gasteiger partial charge on any atom is 0.275 e. The first kappa shape index (κ1) is 14.0. The minimum Gasteiger partial charge on any atom is -0.395 e. The van der Waals surface area contributed by atoms with Gasteiger partial charge in [0, 0.05) is 7.05 Å². The van der Waals surface area contributed by atoms with Crippen molar-refractivity contribution in [2.24, 2.45) is 7.05 Å². The molecule has 1 saturated heterocycles. The highest BCUT2D eigenvalue weighted by Gasteiger charge is 2.44. The third-order valence-electron chi connectivity index (χ3n) is 3.50. The lowest BCUT2D eigenvalue weighted by Crippen LogP contribution is -2.65. The van der Waals surface area contributed by atoms with Gasteiger partial charge in [0.15, 0.2) is 0 Å². The van der Waals surface area contributed by atoms with Crippen LogP contribution in [0.3, 0.4) is 0 Å². The maximum absolute atomic E-state index is 12.6. The molecule has 1 fully saturated rings. The predicted octanol–water partition coefficient (Wildman–Crippen LogP) is -0.812. The summed E-state index contributed by atoms with van der Waals surface area (Å²) in [6.45, 7) is 4.64. The van der Waals surface area contributed by atoms with Gasteiger partial charge >= 0.3 is 0 Å². The lowest BCUT2D eigenvalue weighted by molar-refractivity contribution is -0.143. The number of nitrogen functional groups attached to an aromatic ring is 1. The zero-order chi connectivity index (χ0) is 15.2. The van der Waals surface area contributed by atoms with Gasteiger partial charge in [0.2, 0.25) is 5.91 Å². The van der Waals surface area contributed by atoms with Gasteiger partial charge in [-0.1, -0.05) is 0 Å². The highest BCUT2D eigenvalue weighted by Crippen LogP contribution is 2.24. The largest absolute Gasteiger partial charge is 0.395 e. The van der Waals surface area contributed by atoms with Gasteiger partial charge in [-0.15, -0.1) is 0 Å². The van der Waals surface area contributed by atoms with Gasteiger partial charge in [-0.2, -0.15) is 5.10 Å². The second kappa shape index (κ2) is 4.32. The fourth-order valence-corrected chi connectivity index (χ4v) is 2.16. The summed E-state index contributed by atoms with van der Waals surface area (Å²) in [5.74, 6) is -1.52. The molecule has 20 heavy (non-hydrogen) atoms. The molecular weight excluding hydrogens is 262 g/mol. The number of aryl methyl sites for hydroxylation is 2. The van der Waals surface area contributed by atoms with Crippen molar-refractivity contribution in [3.8, 4) is 0 Å². The molecule has 8 nitrogen and oxygen atoms in total. The summed E-state index contributed by atoms with van der Waals surface area (Å²) in [7, 11) is 1.59. The molecule has 8 heteroatoms. The predicted molar refractivity (Wildman–Crippen MR) is 70.6 cm³/mol. The van der Waals surface area contributed by atoms with E-state index in [0.29, 0.717) is 5.69 Å². The molecule has 0 unspecified atom stereocenters. The molecule has 0 aliphatic carbocycles. The van der Waals surface area contributed by atoms with Gasteiger partial charge in [-0.05, 0) is 20.8 Å². The number of imide groups is 1. The van der Waals surface area contributed by atoms with Gasteiger partial charge in [-0.3, -0.25) is 24.4 Å². The number of aromatic nitrogens is 2. The molecule has 2 rings (SSSR count). The van der Waals surface area contributed by atoms with Crippen molar-refractivity contribution in [3.05, 3.63) is 11.4 Å². The van der Waals surface area contributed by atoms with Crippen LogP contribution < -0.4 is 11.1 Å². The molecule has 0 bridgehead atoms. The molecule has 1 aliphatic rings. The number of nitrogens with one attached hydrogen (secondary N) is 1. The van der Waals surface area contributed by atoms with Crippen LogP contribution in [-0.2, 0) is 16.6 Å². The number of nitrogens with zero attached hydrogens (tertiary/aromatic N) is 3. The average molecular weight is 279 g/mol. The summed E-state index contributed by atoms with van der Waals surface area (Å²) >= 11 is 0. The Morgan fingerprint density at radius 1 is 1.40 bits per heavy atom. The Bertz CT molecular complexity index is 617. The number of anilines is 1. The van der Waals surface area contributed by atoms with Gasteiger partial charge in [-0.25, -0.2) is 0 Å². The van der Waals surface area contributed by atoms with Crippen LogP contribution >= 0.6 is 0 Å². The second-order valence-electron chi connectivity index (χ2n) is 5.30. The molecule has 0 spiro atoms. The minimum atomic E-state index is -1.13. The normalized spacial score (nSPS) is 18.1. The van der Waals surface area contributed by atoms with Crippen LogP contribution in [0.25, 0.3) is 0 Å². The monoisotopic (exact) mass is 279 g/mol. The number of carbonyl (C=O) groups is 3. The van der Waals surface area contributed by atoms with E-state index in [2.05, 4.69) is 10.4 Å². The van der Waals surface area contributed by atoms with Gasteiger partial charge in [0.25, 0.3) is 11.8 Å². The van der Waals surface area contributed by atoms with E-state index in [1.54, 1.807) is 27.8 Å². The molecule has 0 aromatic carbocycles. The summed E-state index contributed by atoms with van der Waals surface area (Å²) in [6.07, 6.45) is 0. The molecule has 108 valence electrons. The first-order chi connectivity index (χ1) is 9.16. The van der Waals surface area contributed by atoms with Gasteiger partial charge < -0.3 is 10.6 Å². The standard InChI is InChI=1S/C12H17N5O3/c1-6-8(13)9(16(4)15-6)10(19)17-5-7(18)14-11(20)12(17,2)3/h5,13H2,1-4H3,(H,14,18,20). The van der Waals surface area contributed by atoms with Crippen molar-refractivity contribution in [1.29, 1.82) is 0 Å². The molecule has 0 saturated carbocycles. The Balaban J connectivity index is 2.46. The van der Waals surface area contributed by atoms with Crippen LogP contribution in [0.5, 0.6) is 0 Å². The van der Waals surface area contributed by atoms with Crippen molar-refractivity contribution < 1.29 is 14.4 Å². The first-order valence-electron chi connectivity index (χ1n) is 6.11. The highest BCUT2D eigenvalue weighted by molar-refractivity contribution is 6.09. The lowest BCUT2D eigenvalue weighted by atomic mass is 9.98. The summed E-state index contributed by atoms with van der Waals surface area (Å²) in [5.41, 5.74) is 5.69. The average Bonchev–Trinajstić information content (AvgIpc) is 2.58. The van der Waals surface area contributed by atoms with E-state index < -0.39 is 23.3 Å². The fourth-order valence-electron chi connectivity index (χ4n) is 2.16.